The van der Waals surface area contributed by atoms with Crippen molar-refractivity contribution in [1.82, 2.24) is 14.8 Å². The largest absolute Gasteiger partial charge is 0.399 e. The number of hydrogen-bond acceptors (Lipinski definition) is 3. The van der Waals surface area contributed by atoms with Gasteiger partial charge in [0.15, 0.2) is 5.82 Å². The van der Waals surface area contributed by atoms with Crippen LogP contribution in [0.25, 0.3) is 16.9 Å². The molecule has 1 aromatic carbocycles. The smallest absolute Gasteiger partial charge is 0.167 e. The number of aromatic nitrogens is 3. The van der Waals surface area contributed by atoms with E-state index >= 15 is 0 Å². The number of hydrogen-bond donors (Lipinski definition) is 1. The summed E-state index contributed by atoms with van der Waals surface area (Å²) >= 11 is 3.52. The number of nitrogens with zero attached hydrogens (tertiary/aromatic N) is 3. The van der Waals surface area contributed by atoms with Crippen LogP contribution < -0.4 is 5.73 Å². The molecule has 0 aliphatic heterocycles. The summed E-state index contributed by atoms with van der Waals surface area (Å²) in [5.74, 6) is 0.769. The first-order chi connectivity index (χ1) is 9.63. The molecule has 0 fully saturated rings. The highest BCUT2D eigenvalue weighted by Gasteiger charge is 2.08. The van der Waals surface area contributed by atoms with Crippen LogP contribution >= 0.6 is 15.9 Å². The van der Waals surface area contributed by atoms with Crippen LogP contribution in [0.3, 0.4) is 0 Å². The van der Waals surface area contributed by atoms with E-state index in [2.05, 4.69) is 26.0 Å². The molecule has 0 amide bonds. The number of rotatable bonds is 2. The van der Waals surface area contributed by atoms with Crippen molar-refractivity contribution in [1.29, 1.82) is 0 Å². The third-order valence-corrected chi connectivity index (χ3v) is 3.56. The van der Waals surface area contributed by atoms with Crippen LogP contribution in [0.4, 0.5) is 5.69 Å². The number of aryl methyl sites for hydroxylation is 1. The van der Waals surface area contributed by atoms with E-state index in [0.717, 1.165) is 32.7 Å². The summed E-state index contributed by atoms with van der Waals surface area (Å²) in [5.41, 5.74) is 9.70. The molecule has 0 saturated heterocycles. The average molecular weight is 329 g/mol. The lowest BCUT2D eigenvalue weighted by molar-refractivity contribution is 0.840. The van der Waals surface area contributed by atoms with Crippen LogP contribution in [-0.2, 0) is 0 Å². The summed E-state index contributed by atoms with van der Waals surface area (Å²) in [5, 5.41) is 4.37. The number of benzene rings is 1. The molecule has 0 saturated carbocycles. The number of anilines is 1. The molecule has 0 aliphatic rings. The molecule has 2 aromatic heterocycles. The zero-order valence-electron chi connectivity index (χ0n) is 10.9. The quantitative estimate of drug-likeness (QED) is 0.731. The molecule has 0 radical (unpaired) electrons. The van der Waals surface area contributed by atoms with Crippen LogP contribution in [0.1, 0.15) is 5.56 Å². The maximum Gasteiger partial charge on any atom is 0.167 e. The minimum absolute atomic E-state index is 0.741. The molecule has 20 heavy (non-hydrogen) atoms. The van der Waals surface area contributed by atoms with Crippen molar-refractivity contribution in [3.8, 4) is 16.9 Å². The van der Waals surface area contributed by atoms with Gasteiger partial charge in [0.25, 0.3) is 0 Å². The van der Waals surface area contributed by atoms with Gasteiger partial charge in [0.05, 0.1) is 10.7 Å². The normalized spacial score (nSPS) is 10.7. The van der Waals surface area contributed by atoms with E-state index in [1.54, 1.807) is 4.68 Å². The molecule has 3 aromatic rings. The topological polar surface area (TPSA) is 56.7 Å². The van der Waals surface area contributed by atoms with Gasteiger partial charge in [-0.05, 0) is 52.2 Å². The van der Waals surface area contributed by atoms with E-state index in [4.69, 9.17) is 5.73 Å². The van der Waals surface area contributed by atoms with Crippen molar-refractivity contribution in [3.05, 3.63) is 59.0 Å². The molecule has 0 atom stereocenters. The van der Waals surface area contributed by atoms with Gasteiger partial charge in [-0.15, -0.1) is 0 Å². The van der Waals surface area contributed by atoms with Crippen LogP contribution in [-0.4, -0.2) is 14.8 Å². The second-order valence-corrected chi connectivity index (χ2v) is 5.47. The average Bonchev–Trinajstić information content (AvgIpc) is 2.88. The molecule has 0 unspecified atom stereocenters. The van der Waals surface area contributed by atoms with E-state index in [1.165, 1.54) is 0 Å². The van der Waals surface area contributed by atoms with Gasteiger partial charge < -0.3 is 5.73 Å². The van der Waals surface area contributed by atoms with Gasteiger partial charge in [0, 0.05) is 23.6 Å². The third kappa shape index (κ3) is 2.44. The molecular formula is C15H13BrN4. The third-order valence-electron chi connectivity index (χ3n) is 2.98. The monoisotopic (exact) mass is 328 g/mol. The summed E-state index contributed by atoms with van der Waals surface area (Å²) in [4.78, 5) is 4.40. The number of nitrogen functional groups attached to an aromatic ring is 1. The van der Waals surface area contributed by atoms with Gasteiger partial charge in [-0.25, -0.2) is 9.67 Å². The molecule has 100 valence electrons. The number of nitrogens with two attached hydrogens (primary N) is 1. The van der Waals surface area contributed by atoms with E-state index in [0.29, 0.717) is 0 Å². The highest BCUT2D eigenvalue weighted by Crippen LogP contribution is 2.24. The molecular weight excluding hydrogens is 316 g/mol. The Balaban J connectivity index is 2.02. The Labute approximate surface area is 125 Å². The lowest BCUT2D eigenvalue weighted by Gasteiger charge is -2.04. The predicted molar refractivity (Wildman–Crippen MR) is 83.6 cm³/mol. The highest BCUT2D eigenvalue weighted by molar-refractivity contribution is 9.10. The standard InChI is InChI=1S/C15H13BrN4/c1-10-5-14(16)15(18-7-10)20-9-12(8-19-20)11-3-2-4-13(17)6-11/h2-9H,17H2,1H3. The Bertz CT molecular complexity index is 764. The lowest BCUT2D eigenvalue weighted by atomic mass is 10.1. The minimum Gasteiger partial charge on any atom is -0.399 e. The van der Waals surface area contributed by atoms with Crippen molar-refractivity contribution in [3.63, 3.8) is 0 Å². The predicted octanol–water partition coefficient (Wildman–Crippen LogP) is 3.59. The first kappa shape index (κ1) is 12.9. The summed E-state index contributed by atoms with van der Waals surface area (Å²) < 4.78 is 2.67. The van der Waals surface area contributed by atoms with E-state index in [1.807, 2.05) is 55.8 Å². The second kappa shape index (κ2) is 5.09. The van der Waals surface area contributed by atoms with E-state index in [-0.39, 0.29) is 0 Å². The van der Waals surface area contributed by atoms with Crippen molar-refractivity contribution in [2.24, 2.45) is 0 Å². The van der Waals surface area contributed by atoms with Gasteiger partial charge >= 0.3 is 0 Å². The van der Waals surface area contributed by atoms with Crippen molar-refractivity contribution < 1.29 is 0 Å². The summed E-state index contributed by atoms with van der Waals surface area (Å²) in [6, 6.07) is 9.76. The van der Waals surface area contributed by atoms with Crippen molar-refractivity contribution in [2.75, 3.05) is 5.73 Å². The van der Waals surface area contributed by atoms with Crippen LogP contribution in [0.15, 0.2) is 53.4 Å². The van der Waals surface area contributed by atoms with Crippen LogP contribution in [0.5, 0.6) is 0 Å². The number of halogens is 1. The van der Waals surface area contributed by atoms with Gasteiger partial charge in [-0.2, -0.15) is 5.10 Å². The zero-order chi connectivity index (χ0) is 14.1. The summed E-state index contributed by atoms with van der Waals surface area (Å²) in [6.07, 6.45) is 5.57. The fraction of sp³-hybridized carbons (Fsp3) is 0.0667. The van der Waals surface area contributed by atoms with E-state index in [9.17, 15) is 0 Å². The highest BCUT2D eigenvalue weighted by atomic mass is 79.9. The Morgan fingerprint density at radius 2 is 2.00 bits per heavy atom. The molecule has 3 rings (SSSR count). The molecule has 0 aliphatic carbocycles. The molecule has 0 spiro atoms. The van der Waals surface area contributed by atoms with Gasteiger partial charge in [0.2, 0.25) is 0 Å². The van der Waals surface area contributed by atoms with Gasteiger partial charge in [-0.3, -0.25) is 0 Å². The van der Waals surface area contributed by atoms with Crippen LogP contribution in [0, 0.1) is 6.92 Å². The zero-order valence-corrected chi connectivity index (χ0v) is 12.5. The fourth-order valence-electron chi connectivity index (χ4n) is 2.00. The fourth-order valence-corrected chi connectivity index (χ4v) is 2.65. The van der Waals surface area contributed by atoms with E-state index < -0.39 is 0 Å². The number of pyridine rings is 1. The SMILES string of the molecule is Cc1cnc(-n2cc(-c3cccc(N)c3)cn2)c(Br)c1. The Hall–Kier alpha value is -2.14. The van der Waals surface area contributed by atoms with Crippen LogP contribution in [0.2, 0.25) is 0 Å². The summed E-state index contributed by atoms with van der Waals surface area (Å²) in [7, 11) is 0. The Kier molecular flexibility index (Phi) is 3.28. The Morgan fingerprint density at radius 1 is 1.15 bits per heavy atom. The Morgan fingerprint density at radius 3 is 2.75 bits per heavy atom. The van der Waals surface area contributed by atoms with Crippen molar-refractivity contribution >= 4 is 21.6 Å². The maximum absolute atomic E-state index is 5.81. The molecule has 2 heterocycles. The minimum atomic E-state index is 0.741. The lowest BCUT2D eigenvalue weighted by Crippen LogP contribution is -1.99. The molecule has 5 heteroatoms. The second-order valence-electron chi connectivity index (χ2n) is 4.62. The maximum atomic E-state index is 5.81. The van der Waals surface area contributed by atoms with Gasteiger partial charge in [0.1, 0.15) is 0 Å². The first-order valence-electron chi connectivity index (χ1n) is 6.16. The van der Waals surface area contributed by atoms with Gasteiger partial charge in [-0.1, -0.05) is 12.1 Å². The first-order valence-corrected chi connectivity index (χ1v) is 6.96. The van der Waals surface area contributed by atoms with Crippen molar-refractivity contribution in [2.45, 2.75) is 6.92 Å². The molecule has 2 N–H and O–H groups in total. The molecule has 0 bridgehead atoms. The molecule has 4 nitrogen and oxygen atoms in total. The summed E-state index contributed by atoms with van der Waals surface area (Å²) in [6.45, 7) is 2.00.